The quantitative estimate of drug-likeness (QED) is 0.163. The molecule has 1 spiro atoms. The van der Waals surface area contributed by atoms with Crippen LogP contribution >= 0.6 is 0 Å². The topological polar surface area (TPSA) is 122 Å². The number of aromatic nitrogens is 1. The molecule has 3 saturated heterocycles. The number of aromatic amines is 1. The highest BCUT2D eigenvalue weighted by atomic mass is 19.3. The number of hydrogen-bond acceptors (Lipinski definition) is 8. The maximum atomic E-state index is 16.4. The Morgan fingerprint density at radius 2 is 1.63 bits per heavy atom. The second-order valence-electron chi connectivity index (χ2n) is 18.4. The maximum Gasteiger partial charge on any atom is 0.255 e. The van der Waals surface area contributed by atoms with Gasteiger partial charge in [0.15, 0.2) is 0 Å². The van der Waals surface area contributed by atoms with E-state index in [4.69, 9.17) is 4.74 Å². The van der Waals surface area contributed by atoms with E-state index in [2.05, 4.69) is 15.2 Å². The van der Waals surface area contributed by atoms with Crippen molar-refractivity contribution < 1.29 is 41.5 Å². The average molecular weight is 870 g/mol. The van der Waals surface area contributed by atoms with Gasteiger partial charge < -0.3 is 24.4 Å². The predicted octanol–water partition coefficient (Wildman–Crippen LogP) is 6.04. The molecule has 1 unspecified atom stereocenters. The third-order valence-electron chi connectivity index (χ3n) is 14.9. The predicted molar refractivity (Wildman–Crippen MR) is 225 cm³/mol. The summed E-state index contributed by atoms with van der Waals surface area (Å²) in [5.74, 6) is -1.94. The molecule has 0 radical (unpaired) electrons. The van der Waals surface area contributed by atoms with E-state index in [0.717, 1.165) is 58.8 Å². The minimum atomic E-state index is -2.68. The number of halogens is 4. The lowest BCUT2D eigenvalue weighted by molar-refractivity contribution is -0.137. The van der Waals surface area contributed by atoms with E-state index in [1.54, 1.807) is 7.11 Å². The summed E-state index contributed by atoms with van der Waals surface area (Å²) in [7, 11) is 1.56. The lowest BCUT2D eigenvalue weighted by Gasteiger charge is -2.47. The second-order valence-corrected chi connectivity index (χ2v) is 18.4. The number of piperidine rings is 3. The molecule has 1 aromatic heterocycles. The highest BCUT2D eigenvalue weighted by Gasteiger charge is 2.44. The number of fused-ring (bicyclic) bond motifs is 5. The number of carbonyl (C=O) groups is 4. The number of methoxy groups -OCH3 is 1. The minimum Gasteiger partial charge on any atom is -0.496 e. The van der Waals surface area contributed by atoms with Gasteiger partial charge in [0.05, 0.1) is 32.8 Å². The van der Waals surface area contributed by atoms with Crippen LogP contribution in [-0.2, 0) is 40.4 Å². The van der Waals surface area contributed by atoms with E-state index in [9.17, 15) is 28.0 Å². The molecule has 0 saturated carbocycles. The van der Waals surface area contributed by atoms with Crippen LogP contribution in [-0.4, -0.2) is 113 Å². The molecule has 10 rings (SSSR count). The van der Waals surface area contributed by atoms with E-state index in [-0.39, 0.29) is 60.7 Å². The largest absolute Gasteiger partial charge is 0.496 e. The summed E-state index contributed by atoms with van der Waals surface area (Å²) in [6.07, 6.45) is 1.54. The van der Waals surface area contributed by atoms with Gasteiger partial charge in [-0.25, -0.2) is 17.6 Å². The van der Waals surface area contributed by atoms with E-state index in [1.807, 2.05) is 47.1 Å². The van der Waals surface area contributed by atoms with Crippen LogP contribution in [0.25, 0.3) is 10.9 Å². The van der Waals surface area contributed by atoms with Crippen molar-refractivity contribution in [1.82, 2.24) is 29.9 Å². The van der Waals surface area contributed by atoms with Crippen LogP contribution in [0, 0.1) is 17.0 Å². The molecule has 16 heteroatoms. The molecular formula is C47H51F4N7O5. The van der Waals surface area contributed by atoms with Crippen molar-refractivity contribution in [3.63, 3.8) is 0 Å². The fourth-order valence-corrected chi connectivity index (χ4v) is 11.5. The minimum absolute atomic E-state index is 0.0103. The first-order valence-electron chi connectivity index (χ1n) is 22.0. The summed E-state index contributed by atoms with van der Waals surface area (Å²) in [5, 5.41) is 3.27. The van der Waals surface area contributed by atoms with Gasteiger partial charge in [-0.05, 0) is 86.3 Å². The number of benzene rings is 3. The maximum absolute atomic E-state index is 16.4. The zero-order valence-corrected chi connectivity index (χ0v) is 35.5. The zero-order valence-electron chi connectivity index (χ0n) is 35.5. The number of nitrogens with one attached hydrogen (secondary N) is 2. The Balaban J connectivity index is 0.765. The molecule has 6 aliphatic rings. The van der Waals surface area contributed by atoms with E-state index >= 15 is 8.78 Å². The van der Waals surface area contributed by atoms with Crippen molar-refractivity contribution in [2.45, 2.75) is 96.1 Å². The standard InChI is InChI=1S/C47H51F4N7O5/c1-26-17-30-29-5-3-4-6-36(29)52-42(30)43(57(26)24-38(50)51)41-34(48)19-28(20-35(41)49)55-13-9-47(10-14-55)11-15-56(16-12-47)40(60)25-54-21-27-18-31-33(44(63-2)32(27)22-54)23-58(46(31)62)37-7-8-39(59)53-45(37)61/h3-6,18-20,26,37-38,43,52H,7-17,21-25H2,1-2H3,(H,53,59,61)/t26-,37?,43-/m1/s1. The second kappa shape index (κ2) is 15.9. The van der Waals surface area contributed by atoms with Gasteiger partial charge in [-0.2, -0.15) is 0 Å². The summed E-state index contributed by atoms with van der Waals surface area (Å²) in [4.78, 5) is 63.9. The van der Waals surface area contributed by atoms with Gasteiger partial charge in [0, 0.05) is 96.3 Å². The van der Waals surface area contributed by atoms with Crippen molar-refractivity contribution in [2.75, 3.05) is 51.3 Å². The van der Waals surface area contributed by atoms with Crippen LogP contribution in [0.1, 0.15) is 95.4 Å². The fourth-order valence-electron chi connectivity index (χ4n) is 11.5. The molecule has 3 aromatic carbocycles. The normalized spacial score (nSPS) is 23.8. The number of H-pyrrole nitrogens is 1. The molecule has 6 aliphatic heterocycles. The van der Waals surface area contributed by atoms with E-state index < -0.39 is 42.6 Å². The molecule has 4 amide bonds. The first kappa shape index (κ1) is 41.5. The van der Waals surface area contributed by atoms with Gasteiger partial charge in [0.25, 0.3) is 12.3 Å². The van der Waals surface area contributed by atoms with Gasteiger partial charge >= 0.3 is 0 Å². The van der Waals surface area contributed by atoms with Crippen molar-refractivity contribution in [2.24, 2.45) is 5.41 Å². The number of rotatable bonds is 8. The Morgan fingerprint density at radius 3 is 2.33 bits per heavy atom. The van der Waals surface area contributed by atoms with Gasteiger partial charge in [-0.15, -0.1) is 0 Å². The Kier molecular flexibility index (Phi) is 10.5. The molecule has 3 fully saturated rings. The summed E-state index contributed by atoms with van der Waals surface area (Å²) < 4.78 is 66.5. The molecule has 7 heterocycles. The monoisotopic (exact) mass is 869 g/mol. The number of ether oxygens (including phenoxy) is 1. The van der Waals surface area contributed by atoms with Crippen molar-refractivity contribution in [3.8, 4) is 5.75 Å². The third kappa shape index (κ3) is 7.22. The summed E-state index contributed by atoms with van der Waals surface area (Å²) in [5.41, 5.74) is 5.53. The Labute approximate surface area is 362 Å². The number of likely N-dealkylation sites (tertiary alicyclic amines) is 1. The third-order valence-corrected chi connectivity index (χ3v) is 14.9. The highest BCUT2D eigenvalue weighted by molar-refractivity contribution is 6.06. The van der Waals surface area contributed by atoms with Crippen LogP contribution in [0.5, 0.6) is 5.75 Å². The van der Waals surface area contributed by atoms with Gasteiger partial charge in [0.2, 0.25) is 17.7 Å². The zero-order chi connectivity index (χ0) is 43.9. The SMILES string of the molecule is COc1c2c(cc3c1CN(C1CCC(=O)NC1=O)C3=O)CN(CC(=O)N1CCC3(CC1)CCN(c1cc(F)c([C@@H]4c5[nH]c6ccccc6c5C[C@@H](C)N4CC(F)F)c(F)c1)CC3)C2. The van der Waals surface area contributed by atoms with Gasteiger partial charge in [-0.3, -0.25) is 34.3 Å². The molecule has 0 bridgehead atoms. The fraction of sp³-hybridized carbons (Fsp3) is 0.489. The summed E-state index contributed by atoms with van der Waals surface area (Å²) >= 11 is 0. The molecule has 3 atom stereocenters. The van der Waals surface area contributed by atoms with Crippen LogP contribution < -0.4 is 15.0 Å². The lowest BCUT2D eigenvalue weighted by atomic mass is 9.71. The summed E-state index contributed by atoms with van der Waals surface area (Å²) in [6.45, 7) is 5.03. The Morgan fingerprint density at radius 1 is 0.921 bits per heavy atom. The lowest BCUT2D eigenvalue weighted by Crippen LogP contribution is -2.52. The molecular weight excluding hydrogens is 819 g/mol. The molecule has 2 N–H and O–H groups in total. The van der Waals surface area contributed by atoms with Crippen LogP contribution in [0.4, 0.5) is 23.2 Å². The molecule has 12 nitrogen and oxygen atoms in total. The number of nitrogens with zero attached hydrogens (tertiary/aromatic N) is 5. The van der Waals surface area contributed by atoms with Crippen LogP contribution in [0.15, 0.2) is 42.5 Å². The van der Waals surface area contributed by atoms with Gasteiger partial charge in [-0.1, -0.05) is 18.2 Å². The number of hydrogen-bond donors (Lipinski definition) is 2. The molecule has 0 aliphatic carbocycles. The summed E-state index contributed by atoms with van der Waals surface area (Å²) in [6, 6.07) is 10.1. The molecule has 63 heavy (non-hydrogen) atoms. The number of carbonyl (C=O) groups excluding carboxylic acids is 4. The number of amides is 4. The first-order chi connectivity index (χ1) is 30.3. The number of alkyl halides is 2. The van der Waals surface area contributed by atoms with Crippen molar-refractivity contribution in [1.29, 1.82) is 0 Å². The van der Waals surface area contributed by atoms with Crippen LogP contribution in [0.2, 0.25) is 0 Å². The highest BCUT2D eigenvalue weighted by Crippen LogP contribution is 2.46. The first-order valence-corrected chi connectivity index (χ1v) is 22.0. The average Bonchev–Trinajstić information content (AvgIpc) is 3.93. The van der Waals surface area contributed by atoms with Crippen molar-refractivity contribution >= 4 is 40.2 Å². The van der Waals surface area contributed by atoms with E-state index in [1.165, 1.54) is 21.9 Å². The Bertz CT molecular complexity index is 2510. The number of anilines is 1. The molecule has 332 valence electrons. The van der Waals surface area contributed by atoms with Crippen molar-refractivity contribution in [3.05, 3.63) is 93.2 Å². The van der Waals surface area contributed by atoms with Gasteiger partial charge in [0.1, 0.15) is 23.4 Å². The van der Waals surface area contributed by atoms with Crippen LogP contribution in [0.3, 0.4) is 0 Å². The molecule has 4 aromatic rings. The number of para-hydroxylation sites is 1. The van der Waals surface area contributed by atoms with E-state index in [0.29, 0.717) is 68.4 Å². The number of imide groups is 1. The Hall–Kier alpha value is -5.48. The smallest absolute Gasteiger partial charge is 0.255 e.